The van der Waals surface area contributed by atoms with Crippen LogP contribution in [-0.4, -0.2) is 34.4 Å². The lowest BCUT2D eigenvalue weighted by Gasteiger charge is -2.36. The van der Waals surface area contributed by atoms with Crippen molar-refractivity contribution in [1.29, 1.82) is 5.26 Å². The van der Waals surface area contributed by atoms with Crippen molar-refractivity contribution < 1.29 is 23.4 Å². The molecule has 1 aromatic heterocycles. The Balaban J connectivity index is 1.65. The molecule has 1 fully saturated rings. The number of benzene rings is 1. The number of piperidine rings is 1. The third-order valence-corrected chi connectivity index (χ3v) is 4.55. The van der Waals surface area contributed by atoms with E-state index in [0.29, 0.717) is 24.5 Å². The Labute approximate surface area is 181 Å². The predicted molar refractivity (Wildman–Crippen MR) is 111 cm³/mol. The molecule has 31 heavy (non-hydrogen) atoms. The summed E-state index contributed by atoms with van der Waals surface area (Å²) < 4.78 is 31.0. The maximum atomic E-state index is 14.0. The molecule has 0 N–H and O–H groups in total. The standard InChI is InChI=1S/C23H26FN3O4/c1-23(2,3)31-22(28)27-12-5-4-9-21(27)30-20-8-6-7-17(26-20)15-29-19-11-10-16(14-25)13-18(19)24/h6-8,10-11,13,21H,4-5,9,12,15H2,1-3H3. The maximum Gasteiger partial charge on any atom is 0.413 e. The number of amides is 1. The molecule has 1 unspecified atom stereocenters. The number of hydrogen-bond acceptors (Lipinski definition) is 6. The van der Waals surface area contributed by atoms with Gasteiger partial charge >= 0.3 is 6.09 Å². The molecule has 0 saturated carbocycles. The summed E-state index contributed by atoms with van der Waals surface area (Å²) in [6.45, 7) is 6.06. The van der Waals surface area contributed by atoms with Gasteiger partial charge in [0.25, 0.3) is 0 Å². The summed E-state index contributed by atoms with van der Waals surface area (Å²) in [4.78, 5) is 18.5. The topological polar surface area (TPSA) is 84.7 Å². The second-order valence-electron chi connectivity index (χ2n) is 8.25. The fourth-order valence-electron chi connectivity index (χ4n) is 3.14. The van der Waals surface area contributed by atoms with E-state index in [-0.39, 0.29) is 17.9 Å². The van der Waals surface area contributed by atoms with Crippen LogP contribution < -0.4 is 9.47 Å². The second-order valence-corrected chi connectivity index (χ2v) is 8.25. The largest absolute Gasteiger partial charge is 0.484 e. The van der Waals surface area contributed by atoms with Crippen LogP contribution in [0.4, 0.5) is 9.18 Å². The van der Waals surface area contributed by atoms with E-state index in [1.54, 1.807) is 23.1 Å². The van der Waals surface area contributed by atoms with Gasteiger partial charge in [-0.25, -0.2) is 14.2 Å². The van der Waals surface area contributed by atoms with Crippen LogP contribution >= 0.6 is 0 Å². The van der Waals surface area contributed by atoms with Crippen molar-refractivity contribution >= 4 is 6.09 Å². The molecule has 0 aliphatic carbocycles. The fourth-order valence-corrected chi connectivity index (χ4v) is 3.14. The minimum Gasteiger partial charge on any atom is -0.484 e. The number of nitriles is 1. The van der Waals surface area contributed by atoms with Crippen molar-refractivity contribution in [2.24, 2.45) is 0 Å². The molecule has 8 heteroatoms. The van der Waals surface area contributed by atoms with Gasteiger partial charge in [-0.15, -0.1) is 0 Å². The summed E-state index contributed by atoms with van der Waals surface area (Å²) >= 11 is 0. The number of hydrogen-bond donors (Lipinski definition) is 0. The lowest BCUT2D eigenvalue weighted by Crippen LogP contribution is -2.48. The lowest BCUT2D eigenvalue weighted by molar-refractivity contribution is -0.0356. The second kappa shape index (κ2) is 9.65. The zero-order valence-electron chi connectivity index (χ0n) is 17.9. The summed E-state index contributed by atoms with van der Waals surface area (Å²) in [5.41, 5.74) is 0.177. The molecule has 0 spiro atoms. The minimum absolute atomic E-state index is 0.0282. The van der Waals surface area contributed by atoms with E-state index in [1.165, 1.54) is 12.1 Å². The minimum atomic E-state index is -0.610. The Morgan fingerprint density at radius 2 is 2.10 bits per heavy atom. The average molecular weight is 427 g/mol. The number of ether oxygens (including phenoxy) is 3. The average Bonchev–Trinajstić information content (AvgIpc) is 2.72. The highest BCUT2D eigenvalue weighted by Gasteiger charge is 2.32. The molecule has 1 saturated heterocycles. The van der Waals surface area contributed by atoms with Crippen molar-refractivity contribution in [3.8, 4) is 17.7 Å². The van der Waals surface area contributed by atoms with Gasteiger partial charge in [0, 0.05) is 19.0 Å². The third kappa shape index (κ3) is 6.32. The summed E-state index contributed by atoms with van der Waals surface area (Å²) in [7, 11) is 0. The lowest BCUT2D eigenvalue weighted by atomic mass is 10.1. The first-order valence-electron chi connectivity index (χ1n) is 10.2. The van der Waals surface area contributed by atoms with E-state index < -0.39 is 23.7 Å². The number of likely N-dealkylation sites (tertiary alicyclic amines) is 1. The van der Waals surface area contributed by atoms with Crippen LogP contribution in [0.1, 0.15) is 51.3 Å². The number of halogens is 1. The van der Waals surface area contributed by atoms with Gasteiger partial charge in [-0.3, -0.25) is 4.90 Å². The summed E-state index contributed by atoms with van der Waals surface area (Å²) in [6.07, 6.45) is 1.62. The van der Waals surface area contributed by atoms with Crippen LogP contribution in [0.2, 0.25) is 0 Å². The van der Waals surface area contributed by atoms with Crippen LogP contribution in [0.15, 0.2) is 36.4 Å². The number of rotatable bonds is 5. The Morgan fingerprint density at radius 1 is 1.29 bits per heavy atom. The molecule has 1 aliphatic rings. The Bertz CT molecular complexity index is 968. The zero-order chi connectivity index (χ0) is 22.4. The normalized spacial score (nSPS) is 16.4. The quantitative estimate of drug-likeness (QED) is 0.682. The van der Waals surface area contributed by atoms with Gasteiger partial charge in [0.05, 0.1) is 17.3 Å². The van der Waals surface area contributed by atoms with E-state index in [0.717, 1.165) is 18.9 Å². The molecule has 3 rings (SSSR count). The molecular weight excluding hydrogens is 401 g/mol. The highest BCUT2D eigenvalue weighted by Crippen LogP contribution is 2.24. The first kappa shape index (κ1) is 22.3. The summed E-state index contributed by atoms with van der Waals surface area (Å²) in [6, 6.07) is 11.1. The summed E-state index contributed by atoms with van der Waals surface area (Å²) in [5.74, 6) is -0.223. The van der Waals surface area contributed by atoms with E-state index in [2.05, 4.69) is 4.98 Å². The van der Waals surface area contributed by atoms with Crippen molar-refractivity contribution in [3.05, 3.63) is 53.5 Å². The number of carbonyl (C=O) groups excluding carboxylic acids is 1. The molecule has 1 amide bonds. The van der Waals surface area contributed by atoms with Crippen molar-refractivity contribution in [3.63, 3.8) is 0 Å². The van der Waals surface area contributed by atoms with Crippen molar-refractivity contribution in [1.82, 2.24) is 9.88 Å². The predicted octanol–water partition coefficient (Wildman–Crippen LogP) is 4.80. The van der Waals surface area contributed by atoms with E-state index >= 15 is 0 Å². The molecule has 0 bridgehead atoms. The molecule has 2 heterocycles. The van der Waals surface area contributed by atoms with Gasteiger partial charge in [0.15, 0.2) is 17.8 Å². The Hall–Kier alpha value is -3.34. The molecule has 164 valence electrons. The molecule has 1 atom stereocenters. The van der Waals surface area contributed by atoms with Crippen molar-refractivity contribution in [2.45, 2.75) is 58.5 Å². The number of carbonyl (C=O) groups is 1. The van der Waals surface area contributed by atoms with Gasteiger partial charge < -0.3 is 14.2 Å². The molecule has 1 aliphatic heterocycles. The van der Waals surface area contributed by atoms with Crippen LogP contribution in [-0.2, 0) is 11.3 Å². The smallest absolute Gasteiger partial charge is 0.413 e. The maximum absolute atomic E-state index is 14.0. The zero-order valence-corrected chi connectivity index (χ0v) is 17.9. The van der Waals surface area contributed by atoms with Gasteiger partial charge in [-0.05, 0) is 57.9 Å². The molecule has 2 aromatic rings. The Morgan fingerprint density at radius 3 is 2.81 bits per heavy atom. The van der Waals surface area contributed by atoms with Gasteiger partial charge in [0.1, 0.15) is 12.2 Å². The van der Waals surface area contributed by atoms with Crippen LogP contribution in [0.5, 0.6) is 11.6 Å². The van der Waals surface area contributed by atoms with E-state index in [4.69, 9.17) is 19.5 Å². The van der Waals surface area contributed by atoms with Crippen molar-refractivity contribution in [2.75, 3.05) is 6.54 Å². The first-order chi connectivity index (χ1) is 14.7. The highest BCUT2D eigenvalue weighted by atomic mass is 19.1. The summed E-state index contributed by atoms with van der Waals surface area (Å²) in [5, 5.41) is 8.82. The SMILES string of the molecule is CC(C)(C)OC(=O)N1CCCCC1Oc1cccc(COc2ccc(C#N)cc2F)n1. The molecule has 7 nitrogen and oxygen atoms in total. The van der Waals surface area contributed by atoms with Crippen LogP contribution in [0.25, 0.3) is 0 Å². The van der Waals surface area contributed by atoms with Gasteiger partial charge in [-0.1, -0.05) is 6.07 Å². The monoisotopic (exact) mass is 427 g/mol. The first-order valence-corrected chi connectivity index (χ1v) is 10.2. The number of nitrogens with zero attached hydrogens (tertiary/aromatic N) is 3. The van der Waals surface area contributed by atoms with E-state index in [1.807, 2.05) is 26.8 Å². The third-order valence-electron chi connectivity index (χ3n) is 4.55. The van der Waals surface area contributed by atoms with E-state index in [9.17, 15) is 9.18 Å². The highest BCUT2D eigenvalue weighted by molar-refractivity contribution is 5.68. The molecule has 1 aromatic carbocycles. The Kier molecular flexibility index (Phi) is 6.95. The fraction of sp³-hybridized carbons (Fsp3) is 0.435. The molecule has 0 radical (unpaired) electrons. The van der Waals surface area contributed by atoms with Gasteiger partial charge in [-0.2, -0.15) is 5.26 Å². The van der Waals surface area contributed by atoms with Crippen LogP contribution in [0.3, 0.4) is 0 Å². The van der Waals surface area contributed by atoms with Crippen LogP contribution in [0, 0.1) is 17.1 Å². The van der Waals surface area contributed by atoms with Gasteiger partial charge in [0.2, 0.25) is 5.88 Å². The number of pyridine rings is 1. The number of aromatic nitrogens is 1. The molecular formula is C23H26FN3O4.